The molecule has 0 amide bonds. The summed E-state index contributed by atoms with van der Waals surface area (Å²) >= 11 is 5.90. The smallest absolute Gasteiger partial charge is 0.375 e. The number of halogens is 1. The molecule has 0 aliphatic heterocycles. The van der Waals surface area contributed by atoms with Crippen molar-refractivity contribution in [3.8, 4) is 0 Å². The third-order valence-electron chi connectivity index (χ3n) is 1.87. The predicted molar refractivity (Wildman–Crippen MR) is 55.3 cm³/mol. The normalized spacial score (nSPS) is 10.3. The lowest BCUT2D eigenvalue weighted by molar-refractivity contribution is 0.0683. The van der Waals surface area contributed by atoms with Crippen LogP contribution in [0.4, 0.5) is 0 Å². The van der Waals surface area contributed by atoms with E-state index in [1.165, 1.54) is 11.0 Å². The highest BCUT2D eigenvalue weighted by Gasteiger charge is 2.09. The number of hydrogen-bond acceptors (Lipinski definition) is 4. The fourth-order valence-corrected chi connectivity index (χ4v) is 1.34. The maximum Gasteiger partial charge on any atom is 0.375 e. The molecule has 2 aromatic heterocycles. The minimum absolute atomic E-state index is 0.243. The monoisotopic (exact) mass is 238 g/mol. The van der Waals surface area contributed by atoms with Gasteiger partial charge in [-0.1, -0.05) is 11.6 Å². The molecular formula is C9H7ClN4O2. The lowest BCUT2D eigenvalue weighted by Gasteiger charge is -2.01. The van der Waals surface area contributed by atoms with E-state index in [2.05, 4.69) is 15.1 Å². The summed E-state index contributed by atoms with van der Waals surface area (Å²) in [4.78, 5) is 18.2. The fraction of sp³-hybridized carbons (Fsp3) is 0.111. The van der Waals surface area contributed by atoms with Gasteiger partial charge in [-0.15, -0.1) is 5.10 Å². The molecule has 82 valence electrons. The van der Waals surface area contributed by atoms with Crippen LogP contribution in [-0.4, -0.2) is 30.8 Å². The Kier molecular flexibility index (Phi) is 2.82. The van der Waals surface area contributed by atoms with Crippen LogP contribution < -0.4 is 0 Å². The van der Waals surface area contributed by atoms with Crippen LogP contribution in [-0.2, 0) is 6.54 Å². The average Bonchev–Trinajstić information content (AvgIpc) is 2.70. The summed E-state index contributed by atoms with van der Waals surface area (Å²) in [5.74, 6) is -1.40. The van der Waals surface area contributed by atoms with Gasteiger partial charge in [0.25, 0.3) is 5.82 Å². The average molecular weight is 239 g/mol. The maximum absolute atomic E-state index is 10.6. The zero-order chi connectivity index (χ0) is 11.5. The predicted octanol–water partition coefficient (Wildman–Crippen LogP) is 1.07. The molecule has 0 bridgehead atoms. The molecule has 0 saturated heterocycles. The minimum Gasteiger partial charge on any atom is -0.475 e. The van der Waals surface area contributed by atoms with Crippen LogP contribution in [0, 0.1) is 0 Å². The van der Waals surface area contributed by atoms with Gasteiger partial charge >= 0.3 is 5.97 Å². The van der Waals surface area contributed by atoms with Crippen molar-refractivity contribution >= 4 is 17.6 Å². The zero-order valence-corrected chi connectivity index (χ0v) is 8.79. The highest BCUT2D eigenvalue weighted by atomic mass is 35.5. The molecule has 0 aliphatic rings. The number of aromatic nitrogens is 4. The molecule has 0 atom stereocenters. The van der Waals surface area contributed by atoms with E-state index in [4.69, 9.17) is 16.7 Å². The summed E-state index contributed by atoms with van der Waals surface area (Å²) < 4.78 is 1.37. The molecule has 0 fully saturated rings. The number of carbonyl (C=O) groups is 1. The fourth-order valence-electron chi connectivity index (χ4n) is 1.16. The van der Waals surface area contributed by atoms with Crippen LogP contribution in [0.5, 0.6) is 0 Å². The largest absolute Gasteiger partial charge is 0.475 e. The molecule has 7 heteroatoms. The number of carboxylic acids is 1. The number of hydrogen-bond donors (Lipinski definition) is 1. The summed E-state index contributed by atoms with van der Waals surface area (Å²) in [6.07, 6.45) is 2.94. The van der Waals surface area contributed by atoms with E-state index in [0.29, 0.717) is 17.3 Å². The van der Waals surface area contributed by atoms with E-state index < -0.39 is 5.97 Å². The first-order valence-corrected chi connectivity index (χ1v) is 4.77. The lowest BCUT2D eigenvalue weighted by atomic mass is 10.3. The highest BCUT2D eigenvalue weighted by Crippen LogP contribution is 2.12. The Bertz CT molecular complexity index is 526. The first-order valence-electron chi connectivity index (χ1n) is 4.39. The van der Waals surface area contributed by atoms with Crippen molar-refractivity contribution in [1.82, 2.24) is 19.7 Å². The van der Waals surface area contributed by atoms with Gasteiger partial charge in [0.1, 0.15) is 6.33 Å². The lowest BCUT2D eigenvalue weighted by Crippen LogP contribution is -2.05. The van der Waals surface area contributed by atoms with Crippen LogP contribution >= 0.6 is 11.6 Å². The summed E-state index contributed by atoms with van der Waals surface area (Å²) in [5, 5.41) is 12.9. The van der Waals surface area contributed by atoms with Gasteiger partial charge in [0.2, 0.25) is 0 Å². The molecule has 1 N–H and O–H groups in total. The van der Waals surface area contributed by atoms with Crippen LogP contribution in [0.1, 0.15) is 16.3 Å². The van der Waals surface area contributed by atoms with E-state index in [1.807, 2.05) is 0 Å². The summed E-state index contributed by atoms with van der Waals surface area (Å²) in [6, 6.07) is 3.43. The van der Waals surface area contributed by atoms with E-state index in [0.717, 1.165) is 0 Å². The second kappa shape index (κ2) is 4.28. The Balaban J connectivity index is 2.21. The molecular weight excluding hydrogens is 232 g/mol. The maximum atomic E-state index is 10.6. The van der Waals surface area contributed by atoms with Gasteiger partial charge in [0, 0.05) is 6.20 Å². The molecule has 0 aromatic carbocycles. The highest BCUT2D eigenvalue weighted by molar-refractivity contribution is 6.31. The number of nitrogens with zero attached hydrogens (tertiary/aromatic N) is 4. The van der Waals surface area contributed by atoms with Gasteiger partial charge in [-0.05, 0) is 12.1 Å². The number of carboxylic acid groups (broad SMARTS) is 1. The second-order valence-corrected chi connectivity index (χ2v) is 3.41. The quantitative estimate of drug-likeness (QED) is 0.865. The van der Waals surface area contributed by atoms with Gasteiger partial charge in [-0.25, -0.2) is 14.5 Å². The topological polar surface area (TPSA) is 80.9 Å². The molecule has 2 aromatic rings. The van der Waals surface area contributed by atoms with Crippen molar-refractivity contribution in [2.24, 2.45) is 0 Å². The van der Waals surface area contributed by atoms with E-state index in [9.17, 15) is 4.79 Å². The molecule has 0 spiro atoms. The molecule has 0 radical (unpaired) electrons. The Morgan fingerprint density at radius 1 is 1.50 bits per heavy atom. The van der Waals surface area contributed by atoms with Crippen molar-refractivity contribution in [1.29, 1.82) is 0 Å². The van der Waals surface area contributed by atoms with Gasteiger partial charge in [-0.3, -0.25) is 4.98 Å². The first-order chi connectivity index (χ1) is 7.66. The van der Waals surface area contributed by atoms with E-state index in [-0.39, 0.29) is 5.82 Å². The second-order valence-electron chi connectivity index (χ2n) is 3.00. The van der Waals surface area contributed by atoms with Crippen LogP contribution in [0.3, 0.4) is 0 Å². The van der Waals surface area contributed by atoms with Crippen molar-refractivity contribution in [2.75, 3.05) is 0 Å². The molecule has 6 nitrogen and oxygen atoms in total. The van der Waals surface area contributed by atoms with Crippen molar-refractivity contribution < 1.29 is 9.90 Å². The third-order valence-corrected chi connectivity index (χ3v) is 2.22. The van der Waals surface area contributed by atoms with Gasteiger partial charge < -0.3 is 5.11 Å². The molecule has 2 heterocycles. The molecule has 0 saturated carbocycles. The van der Waals surface area contributed by atoms with Crippen molar-refractivity contribution in [3.05, 3.63) is 41.2 Å². The Morgan fingerprint density at radius 3 is 2.94 bits per heavy atom. The summed E-state index contributed by atoms with van der Waals surface area (Å²) in [6.45, 7) is 0.292. The third kappa shape index (κ3) is 2.17. The van der Waals surface area contributed by atoms with Crippen LogP contribution in [0.25, 0.3) is 0 Å². The van der Waals surface area contributed by atoms with Gasteiger partial charge in [0.05, 0.1) is 17.3 Å². The summed E-state index contributed by atoms with van der Waals surface area (Å²) in [7, 11) is 0. The Morgan fingerprint density at radius 2 is 2.31 bits per heavy atom. The first kappa shape index (κ1) is 10.6. The number of pyridine rings is 1. The van der Waals surface area contributed by atoms with Gasteiger partial charge in [0.15, 0.2) is 0 Å². The minimum atomic E-state index is -1.16. The number of aromatic carboxylic acids is 1. The van der Waals surface area contributed by atoms with E-state index >= 15 is 0 Å². The Labute approximate surface area is 95.5 Å². The standard InChI is InChI=1S/C9H7ClN4O2/c10-6-2-1-3-11-7(6)4-14-5-12-8(13-14)9(15)16/h1-3,5H,4H2,(H,15,16). The molecule has 0 unspecified atom stereocenters. The van der Waals surface area contributed by atoms with Gasteiger partial charge in [-0.2, -0.15) is 0 Å². The van der Waals surface area contributed by atoms with E-state index in [1.54, 1.807) is 18.3 Å². The molecule has 0 aliphatic carbocycles. The number of rotatable bonds is 3. The SMILES string of the molecule is O=C(O)c1ncn(Cc2ncccc2Cl)n1. The van der Waals surface area contributed by atoms with Crippen molar-refractivity contribution in [2.45, 2.75) is 6.54 Å². The zero-order valence-electron chi connectivity index (χ0n) is 8.04. The molecule has 16 heavy (non-hydrogen) atoms. The van der Waals surface area contributed by atoms with Crippen molar-refractivity contribution in [3.63, 3.8) is 0 Å². The Hall–Kier alpha value is -1.95. The summed E-state index contributed by atoms with van der Waals surface area (Å²) in [5.41, 5.74) is 0.617. The molecule has 2 rings (SSSR count). The van der Waals surface area contributed by atoms with Crippen LogP contribution in [0.2, 0.25) is 5.02 Å². The van der Waals surface area contributed by atoms with Crippen LogP contribution in [0.15, 0.2) is 24.7 Å².